The summed E-state index contributed by atoms with van der Waals surface area (Å²) in [5, 5.41) is 6.42. The van der Waals surface area contributed by atoms with Crippen molar-refractivity contribution >= 4 is 44.8 Å². The molecule has 0 saturated carbocycles. The van der Waals surface area contributed by atoms with Crippen LogP contribution in [0.25, 0.3) is 0 Å². The number of hydrogen-bond donors (Lipinski definition) is 1. The SMILES string of the molecule is O=C(COC(=O)Cc1ccsc1)Nc1ccc(Br)cc1. The molecule has 2 rings (SSSR count). The van der Waals surface area contributed by atoms with Crippen molar-refractivity contribution in [1.29, 1.82) is 0 Å². The van der Waals surface area contributed by atoms with Crippen molar-refractivity contribution in [3.8, 4) is 0 Å². The summed E-state index contributed by atoms with van der Waals surface area (Å²) in [7, 11) is 0. The summed E-state index contributed by atoms with van der Waals surface area (Å²) in [5.41, 5.74) is 1.56. The summed E-state index contributed by atoms with van der Waals surface area (Å²) < 4.78 is 5.85. The topological polar surface area (TPSA) is 55.4 Å². The Morgan fingerprint density at radius 2 is 1.95 bits per heavy atom. The van der Waals surface area contributed by atoms with E-state index >= 15 is 0 Å². The van der Waals surface area contributed by atoms with Crippen LogP contribution < -0.4 is 5.32 Å². The normalized spacial score (nSPS) is 10.1. The van der Waals surface area contributed by atoms with Crippen LogP contribution in [-0.2, 0) is 20.7 Å². The maximum Gasteiger partial charge on any atom is 0.310 e. The smallest absolute Gasteiger partial charge is 0.310 e. The first kappa shape index (κ1) is 14.7. The molecule has 0 aliphatic rings. The predicted molar refractivity (Wildman–Crippen MR) is 81.8 cm³/mol. The van der Waals surface area contributed by atoms with E-state index in [2.05, 4.69) is 21.2 Å². The highest BCUT2D eigenvalue weighted by atomic mass is 79.9. The van der Waals surface area contributed by atoms with Crippen molar-refractivity contribution in [3.05, 3.63) is 51.1 Å². The molecule has 0 saturated heterocycles. The molecule has 1 aromatic heterocycles. The highest BCUT2D eigenvalue weighted by molar-refractivity contribution is 9.10. The van der Waals surface area contributed by atoms with Gasteiger partial charge in [-0.3, -0.25) is 9.59 Å². The van der Waals surface area contributed by atoms with E-state index in [4.69, 9.17) is 4.74 Å². The van der Waals surface area contributed by atoms with Gasteiger partial charge in [-0.2, -0.15) is 11.3 Å². The summed E-state index contributed by atoms with van der Waals surface area (Å²) >= 11 is 4.83. The Bertz CT molecular complexity index is 581. The second-order valence-electron chi connectivity index (χ2n) is 4.02. The van der Waals surface area contributed by atoms with E-state index in [0.717, 1.165) is 10.0 Å². The highest BCUT2D eigenvalue weighted by Gasteiger charge is 2.09. The van der Waals surface area contributed by atoms with Crippen LogP contribution in [0.5, 0.6) is 0 Å². The molecule has 1 amide bonds. The molecular weight excluding hydrogens is 342 g/mol. The summed E-state index contributed by atoms with van der Waals surface area (Å²) in [4.78, 5) is 23.1. The minimum atomic E-state index is -0.408. The number of rotatable bonds is 5. The molecule has 0 aliphatic heterocycles. The average molecular weight is 354 g/mol. The lowest BCUT2D eigenvalue weighted by Gasteiger charge is -2.06. The third kappa shape index (κ3) is 4.79. The predicted octanol–water partition coefficient (Wildman–Crippen LogP) is 3.24. The fourth-order valence-electron chi connectivity index (χ4n) is 1.49. The number of hydrogen-bond acceptors (Lipinski definition) is 4. The second-order valence-corrected chi connectivity index (χ2v) is 5.72. The summed E-state index contributed by atoms with van der Waals surface area (Å²) in [6, 6.07) is 9.01. The van der Waals surface area contributed by atoms with Gasteiger partial charge in [-0.15, -0.1) is 0 Å². The quantitative estimate of drug-likeness (QED) is 0.839. The molecule has 20 heavy (non-hydrogen) atoms. The van der Waals surface area contributed by atoms with Crippen LogP contribution in [0.15, 0.2) is 45.6 Å². The van der Waals surface area contributed by atoms with E-state index in [1.165, 1.54) is 11.3 Å². The third-order valence-electron chi connectivity index (χ3n) is 2.42. The van der Waals surface area contributed by atoms with Gasteiger partial charge in [0, 0.05) is 10.2 Å². The molecule has 0 bridgehead atoms. The molecule has 6 heteroatoms. The van der Waals surface area contributed by atoms with Crippen LogP contribution in [0.4, 0.5) is 5.69 Å². The number of esters is 1. The van der Waals surface area contributed by atoms with Gasteiger partial charge in [0.05, 0.1) is 6.42 Å². The van der Waals surface area contributed by atoms with Crippen molar-refractivity contribution in [1.82, 2.24) is 0 Å². The Morgan fingerprint density at radius 1 is 1.20 bits per heavy atom. The fourth-order valence-corrected chi connectivity index (χ4v) is 2.42. The monoisotopic (exact) mass is 353 g/mol. The lowest BCUT2D eigenvalue weighted by Crippen LogP contribution is -2.21. The number of benzene rings is 1. The van der Waals surface area contributed by atoms with Crippen LogP contribution in [0.3, 0.4) is 0 Å². The molecule has 0 unspecified atom stereocenters. The van der Waals surface area contributed by atoms with Crippen LogP contribution in [-0.4, -0.2) is 18.5 Å². The second kappa shape index (κ2) is 7.21. The number of amides is 1. The van der Waals surface area contributed by atoms with Gasteiger partial charge in [0.1, 0.15) is 0 Å². The number of nitrogens with one attached hydrogen (secondary N) is 1. The third-order valence-corrected chi connectivity index (χ3v) is 3.68. The molecule has 4 nitrogen and oxygen atoms in total. The first-order valence-corrected chi connectivity index (χ1v) is 7.59. The van der Waals surface area contributed by atoms with Crippen molar-refractivity contribution in [2.75, 3.05) is 11.9 Å². The van der Waals surface area contributed by atoms with E-state index in [9.17, 15) is 9.59 Å². The largest absolute Gasteiger partial charge is 0.455 e. The van der Waals surface area contributed by atoms with Gasteiger partial charge in [-0.05, 0) is 46.7 Å². The van der Waals surface area contributed by atoms with Gasteiger partial charge in [0.2, 0.25) is 0 Å². The molecule has 0 radical (unpaired) electrons. The van der Waals surface area contributed by atoms with Gasteiger partial charge in [0.15, 0.2) is 6.61 Å². The van der Waals surface area contributed by atoms with Crippen LogP contribution >= 0.6 is 27.3 Å². The number of halogens is 1. The van der Waals surface area contributed by atoms with E-state index in [1.54, 1.807) is 12.1 Å². The zero-order valence-corrected chi connectivity index (χ0v) is 12.9. The average Bonchev–Trinajstić information content (AvgIpc) is 2.92. The van der Waals surface area contributed by atoms with Gasteiger partial charge < -0.3 is 10.1 Å². The van der Waals surface area contributed by atoms with E-state index in [0.29, 0.717) is 5.69 Å². The minimum Gasteiger partial charge on any atom is -0.455 e. The number of thiophene rings is 1. The highest BCUT2D eigenvalue weighted by Crippen LogP contribution is 2.14. The van der Waals surface area contributed by atoms with Gasteiger partial charge in [-0.25, -0.2) is 0 Å². The Morgan fingerprint density at radius 3 is 2.60 bits per heavy atom. The Balaban J connectivity index is 1.74. The molecule has 0 aliphatic carbocycles. The minimum absolute atomic E-state index is 0.190. The van der Waals surface area contributed by atoms with Crippen molar-refractivity contribution < 1.29 is 14.3 Å². The van der Waals surface area contributed by atoms with Crippen LogP contribution in [0, 0.1) is 0 Å². The molecule has 0 atom stereocenters. The molecule has 104 valence electrons. The van der Waals surface area contributed by atoms with Crippen molar-refractivity contribution in [2.45, 2.75) is 6.42 Å². The fraction of sp³-hybridized carbons (Fsp3) is 0.143. The van der Waals surface area contributed by atoms with Crippen molar-refractivity contribution in [3.63, 3.8) is 0 Å². The molecule has 0 fully saturated rings. The standard InChI is InChI=1S/C14H12BrNO3S/c15-11-1-3-12(4-2-11)16-13(17)8-19-14(18)7-10-5-6-20-9-10/h1-6,9H,7-8H2,(H,16,17). The Labute approximate surface area is 128 Å². The molecule has 1 N–H and O–H groups in total. The molecule has 1 aromatic carbocycles. The zero-order valence-electron chi connectivity index (χ0n) is 10.5. The summed E-state index contributed by atoms with van der Waals surface area (Å²) in [6.07, 6.45) is 0.190. The lowest BCUT2D eigenvalue weighted by molar-refractivity contribution is -0.146. The van der Waals surface area contributed by atoms with Crippen LogP contribution in [0.2, 0.25) is 0 Å². The molecule has 1 heterocycles. The first-order valence-electron chi connectivity index (χ1n) is 5.85. The summed E-state index contributed by atoms with van der Waals surface area (Å²) in [5.74, 6) is -0.764. The van der Waals surface area contributed by atoms with E-state index in [1.807, 2.05) is 29.0 Å². The number of anilines is 1. The first-order chi connectivity index (χ1) is 9.63. The maximum atomic E-state index is 11.6. The summed E-state index contributed by atoms with van der Waals surface area (Å²) in [6.45, 7) is -0.279. The molecule has 2 aromatic rings. The number of carbonyl (C=O) groups excluding carboxylic acids is 2. The lowest BCUT2D eigenvalue weighted by atomic mass is 10.2. The van der Waals surface area contributed by atoms with Crippen LogP contribution in [0.1, 0.15) is 5.56 Å². The molecule has 0 spiro atoms. The maximum absolute atomic E-state index is 11.6. The number of ether oxygens (including phenoxy) is 1. The Kier molecular flexibility index (Phi) is 5.31. The molecular formula is C14H12BrNO3S. The van der Waals surface area contributed by atoms with E-state index in [-0.39, 0.29) is 18.9 Å². The van der Waals surface area contributed by atoms with Crippen molar-refractivity contribution in [2.24, 2.45) is 0 Å². The van der Waals surface area contributed by atoms with Gasteiger partial charge >= 0.3 is 5.97 Å². The number of carbonyl (C=O) groups is 2. The van der Waals surface area contributed by atoms with Gasteiger partial charge in [0.25, 0.3) is 5.91 Å². The Hall–Kier alpha value is -1.66. The van der Waals surface area contributed by atoms with Gasteiger partial charge in [-0.1, -0.05) is 15.9 Å². The zero-order chi connectivity index (χ0) is 14.4. The van der Waals surface area contributed by atoms with E-state index < -0.39 is 5.97 Å².